The maximum absolute atomic E-state index is 14.2. The van der Waals surface area contributed by atoms with E-state index in [1.807, 2.05) is 13.8 Å². The molecule has 0 saturated carbocycles. The number of amides is 1. The molecule has 1 aliphatic rings. The Hall–Kier alpha value is -1.47. The molecule has 1 N–H and O–H groups in total. The first-order chi connectivity index (χ1) is 13.8. The summed E-state index contributed by atoms with van der Waals surface area (Å²) >= 11 is 0. The molecule has 2 unspecified atom stereocenters. The van der Waals surface area contributed by atoms with Crippen LogP contribution in [0.2, 0.25) is 0 Å². The van der Waals surface area contributed by atoms with Crippen molar-refractivity contribution in [1.29, 1.82) is 0 Å². The fraction of sp³-hybridized carbons (Fsp3) is 0.682. The second kappa shape index (κ2) is 11.1. The van der Waals surface area contributed by atoms with Gasteiger partial charge in [0, 0.05) is 19.6 Å². The lowest BCUT2D eigenvalue weighted by Gasteiger charge is -2.34. The molecule has 1 saturated heterocycles. The van der Waals surface area contributed by atoms with E-state index < -0.39 is 21.7 Å². The average Bonchev–Trinajstić information content (AvgIpc) is 2.66. The topological polar surface area (TPSA) is 66.5 Å². The molecule has 164 valence electrons. The Morgan fingerprint density at radius 1 is 1.10 bits per heavy atom. The Morgan fingerprint density at radius 2 is 1.72 bits per heavy atom. The molecule has 0 aromatic heterocycles. The van der Waals surface area contributed by atoms with Crippen LogP contribution in [0, 0.1) is 17.7 Å². The minimum atomic E-state index is -3.75. The van der Waals surface area contributed by atoms with Gasteiger partial charge in [-0.15, -0.1) is 0 Å². The second-order valence-corrected chi connectivity index (χ2v) is 10.4. The number of carbonyl (C=O) groups is 1. The number of piperidine rings is 1. The molecule has 1 aromatic rings. The summed E-state index contributed by atoms with van der Waals surface area (Å²) in [4.78, 5) is 12.4. The highest BCUT2D eigenvalue weighted by Gasteiger charge is 2.32. The predicted molar refractivity (Wildman–Crippen MR) is 114 cm³/mol. The highest BCUT2D eigenvalue weighted by molar-refractivity contribution is 7.89. The molecule has 2 rings (SSSR count). The summed E-state index contributed by atoms with van der Waals surface area (Å²) in [5.41, 5.74) is -0.213. The van der Waals surface area contributed by atoms with Crippen LogP contribution in [0.4, 0.5) is 4.39 Å². The molecule has 0 spiro atoms. The summed E-state index contributed by atoms with van der Waals surface area (Å²) in [5.74, 6) is -0.721. The lowest BCUT2D eigenvalue weighted by Crippen LogP contribution is -2.42. The minimum Gasteiger partial charge on any atom is -0.352 e. The summed E-state index contributed by atoms with van der Waals surface area (Å²) in [7, 11) is -3.75. The molecule has 1 fully saturated rings. The number of nitrogens with zero attached hydrogens (tertiary/aromatic N) is 1. The number of rotatable bonds is 10. The van der Waals surface area contributed by atoms with E-state index in [0.29, 0.717) is 19.6 Å². The van der Waals surface area contributed by atoms with Crippen LogP contribution >= 0.6 is 0 Å². The highest BCUT2D eigenvalue weighted by Crippen LogP contribution is 2.27. The molecular weight excluding hydrogens is 391 g/mol. The zero-order valence-electron chi connectivity index (χ0n) is 17.9. The van der Waals surface area contributed by atoms with Gasteiger partial charge < -0.3 is 5.32 Å². The van der Waals surface area contributed by atoms with Crippen LogP contribution in [-0.2, 0) is 10.0 Å². The van der Waals surface area contributed by atoms with Crippen molar-refractivity contribution in [1.82, 2.24) is 9.62 Å². The maximum atomic E-state index is 14.2. The Bertz CT molecular complexity index is 772. The summed E-state index contributed by atoms with van der Waals surface area (Å²) in [5, 5.41) is 2.72. The van der Waals surface area contributed by atoms with Crippen molar-refractivity contribution in [3.05, 3.63) is 29.6 Å². The van der Waals surface area contributed by atoms with Crippen LogP contribution in [0.25, 0.3) is 0 Å². The van der Waals surface area contributed by atoms with Gasteiger partial charge >= 0.3 is 0 Å². The Balaban J connectivity index is 2.02. The fourth-order valence-corrected chi connectivity index (χ4v) is 5.70. The van der Waals surface area contributed by atoms with Gasteiger partial charge in [0.05, 0.1) is 10.5 Å². The maximum Gasteiger partial charge on any atom is 0.254 e. The minimum absolute atomic E-state index is 0.0232. The van der Waals surface area contributed by atoms with Gasteiger partial charge in [0.15, 0.2) is 0 Å². The molecule has 29 heavy (non-hydrogen) atoms. The van der Waals surface area contributed by atoms with Gasteiger partial charge in [-0.1, -0.05) is 52.9 Å². The van der Waals surface area contributed by atoms with Gasteiger partial charge in [0.25, 0.3) is 5.91 Å². The molecule has 0 radical (unpaired) electrons. The summed E-state index contributed by atoms with van der Waals surface area (Å²) in [6, 6.07) is 3.49. The van der Waals surface area contributed by atoms with Crippen molar-refractivity contribution < 1.29 is 17.6 Å². The highest BCUT2D eigenvalue weighted by atomic mass is 32.2. The van der Waals surface area contributed by atoms with E-state index in [1.165, 1.54) is 35.7 Å². The van der Waals surface area contributed by atoms with Crippen molar-refractivity contribution in [2.45, 2.75) is 70.6 Å². The zero-order valence-corrected chi connectivity index (χ0v) is 18.7. The second-order valence-electron chi connectivity index (χ2n) is 8.43. The molecule has 1 aliphatic heterocycles. The van der Waals surface area contributed by atoms with E-state index >= 15 is 0 Å². The monoisotopic (exact) mass is 426 g/mol. The standard InChI is InChI=1S/C22H35FN2O3S/c1-4-5-6-7-8-9-12-24-22(26)20-14-19(10-11-21(20)23)29(27,28)25-15-17(2)13-18(3)16-25/h10-11,14,17-18H,4-9,12-13,15-16H2,1-3H3,(H,24,26). The van der Waals surface area contributed by atoms with Gasteiger partial charge in [-0.25, -0.2) is 12.8 Å². The first-order valence-corrected chi connectivity index (χ1v) is 12.3. The number of nitrogens with one attached hydrogen (secondary N) is 1. The van der Waals surface area contributed by atoms with Crippen molar-refractivity contribution in [2.24, 2.45) is 11.8 Å². The van der Waals surface area contributed by atoms with Gasteiger partial charge in [0.2, 0.25) is 10.0 Å². The van der Waals surface area contributed by atoms with Crippen LogP contribution in [0.5, 0.6) is 0 Å². The van der Waals surface area contributed by atoms with Crippen LogP contribution in [0.3, 0.4) is 0 Å². The number of sulfonamides is 1. The third-order valence-electron chi connectivity index (χ3n) is 5.47. The van der Waals surface area contributed by atoms with Crippen molar-refractivity contribution >= 4 is 15.9 Å². The lowest BCUT2D eigenvalue weighted by atomic mass is 9.94. The van der Waals surface area contributed by atoms with Crippen LogP contribution in [-0.4, -0.2) is 38.3 Å². The molecule has 5 nitrogen and oxygen atoms in total. The van der Waals surface area contributed by atoms with Crippen LogP contribution in [0.15, 0.2) is 23.1 Å². The number of hydrogen-bond donors (Lipinski definition) is 1. The molecular formula is C22H35FN2O3S. The van der Waals surface area contributed by atoms with E-state index in [1.54, 1.807) is 0 Å². The SMILES string of the molecule is CCCCCCCCNC(=O)c1cc(S(=O)(=O)N2CC(C)CC(C)C2)ccc1F. The quantitative estimate of drug-likeness (QED) is 0.557. The Morgan fingerprint density at radius 3 is 2.38 bits per heavy atom. The molecule has 7 heteroatoms. The first-order valence-electron chi connectivity index (χ1n) is 10.8. The van der Waals surface area contributed by atoms with E-state index in [4.69, 9.17) is 0 Å². The Kier molecular flexibility index (Phi) is 9.08. The lowest BCUT2D eigenvalue weighted by molar-refractivity contribution is 0.0948. The number of halogens is 1. The van der Waals surface area contributed by atoms with E-state index in [-0.39, 0.29) is 22.3 Å². The third-order valence-corrected chi connectivity index (χ3v) is 7.30. The number of benzene rings is 1. The summed E-state index contributed by atoms with van der Waals surface area (Å²) < 4.78 is 41.7. The van der Waals surface area contributed by atoms with Gasteiger partial charge in [-0.2, -0.15) is 4.31 Å². The molecule has 0 bridgehead atoms. The first kappa shape index (κ1) is 23.8. The normalized spacial score (nSPS) is 20.6. The predicted octanol–water partition coefficient (Wildman–Crippen LogP) is 4.58. The van der Waals surface area contributed by atoms with Crippen molar-refractivity contribution in [2.75, 3.05) is 19.6 Å². The molecule has 0 aliphatic carbocycles. The average molecular weight is 427 g/mol. The fourth-order valence-electron chi connectivity index (χ4n) is 3.99. The largest absolute Gasteiger partial charge is 0.352 e. The van der Waals surface area contributed by atoms with Crippen molar-refractivity contribution in [3.8, 4) is 0 Å². The van der Waals surface area contributed by atoms with E-state index in [0.717, 1.165) is 31.7 Å². The van der Waals surface area contributed by atoms with Crippen molar-refractivity contribution in [3.63, 3.8) is 0 Å². The van der Waals surface area contributed by atoms with Crippen LogP contribution in [0.1, 0.15) is 76.1 Å². The molecule has 2 atom stereocenters. The number of hydrogen-bond acceptors (Lipinski definition) is 3. The molecule has 1 heterocycles. The van der Waals surface area contributed by atoms with E-state index in [9.17, 15) is 17.6 Å². The van der Waals surface area contributed by atoms with Gasteiger partial charge in [0.1, 0.15) is 5.82 Å². The van der Waals surface area contributed by atoms with Crippen LogP contribution < -0.4 is 5.32 Å². The summed E-state index contributed by atoms with van der Waals surface area (Å²) in [6.45, 7) is 7.58. The smallest absolute Gasteiger partial charge is 0.254 e. The summed E-state index contributed by atoms with van der Waals surface area (Å²) in [6.07, 6.45) is 7.55. The molecule has 1 aromatic carbocycles. The van der Waals surface area contributed by atoms with Gasteiger partial charge in [-0.3, -0.25) is 4.79 Å². The zero-order chi connectivity index (χ0) is 21.4. The number of unbranched alkanes of at least 4 members (excludes halogenated alkanes) is 5. The molecule has 1 amide bonds. The van der Waals surface area contributed by atoms with E-state index in [2.05, 4.69) is 12.2 Å². The van der Waals surface area contributed by atoms with Gasteiger partial charge in [-0.05, 0) is 42.9 Å². The Labute approximate surface area is 175 Å². The third kappa shape index (κ3) is 6.78. The number of carbonyl (C=O) groups excluding carboxylic acids is 1.